The van der Waals surface area contributed by atoms with Crippen LogP contribution in [0.15, 0.2) is 82.7 Å². The summed E-state index contributed by atoms with van der Waals surface area (Å²) in [7, 11) is 1.66. The number of rotatable bonds is 2. The van der Waals surface area contributed by atoms with Gasteiger partial charge in [0.05, 0.1) is 13.2 Å². The first-order valence-corrected chi connectivity index (χ1v) is 8.77. The second-order valence-corrected chi connectivity index (χ2v) is 6.52. The van der Waals surface area contributed by atoms with E-state index >= 15 is 0 Å². The molecule has 1 aromatic heterocycles. The van der Waals surface area contributed by atoms with Crippen molar-refractivity contribution in [3.05, 3.63) is 94.4 Å². The van der Waals surface area contributed by atoms with Crippen LogP contribution in [0.25, 0.3) is 10.8 Å². The Hall–Kier alpha value is -3.60. The highest BCUT2D eigenvalue weighted by molar-refractivity contribution is 6.01. The highest BCUT2D eigenvalue weighted by Gasteiger charge is 2.32. The molecule has 3 heterocycles. The third kappa shape index (κ3) is 2.39. The molecule has 0 saturated heterocycles. The van der Waals surface area contributed by atoms with Crippen molar-refractivity contribution < 1.29 is 4.74 Å². The first-order valence-electron chi connectivity index (χ1n) is 8.77. The lowest BCUT2D eigenvalue weighted by atomic mass is 9.91. The van der Waals surface area contributed by atoms with Crippen LogP contribution in [0.5, 0.6) is 5.75 Å². The van der Waals surface area contributed by atoms with E-state index in [9.17, 15) is 4.79 Å². The summed E-state index contributed by atoms with van der Waals surface area (Å²) < 4.78 is 5.31. The van der Waals surface area contributed by atoms with Gasteiger partial charge in [0.15, 0.2) is 0 Å². The molecule has 5 nitrogen and oxygen atoms in total. The van der Waals surface area contributed by atoms with Crippen LogP contribution in [-0.4, -0.2) is 22.8 Å². The van der Waals surface area contributed by atoms with Crippen molar-refractivity contribution in [3.63, 3.8) is 0 Å². The molecule has 2 aliphatic heterocycles. The number of nitrogens with zero attached hydrogens (tertiary/aromatic N) is 2. The number of fused-ring (bicyclic) bond motifs is 4. The molecule has 2 aliphatic rings. The molecule has 132 valence electrons. The zero-order valence-corrected chi connectivity index (χ0v) is 14.7. The molecule has 0 saturated carbocycles. The number of amidine groups is 1. The Kier molecular flexibility index (Phi) is 3.47. The molecule has 5 heteroatoms. The number of ether oxygens (including phenoxy) is 1. The average Bonchev–Trinajstić information content (AvgIpc) is 2.72. The summed E-state index contributed by atoms with van der Waals surface area (Å²) in [5.41, 5.74) is 1.98. The molecular weight excluding hydrogens is 338 g/mol. The van der Waals surface area contributed by atoms with Crippen LogP contribution in [0, 0.1) is 0 Å². The van der Waals surface area contributed by atoms with Crippen molar-refractivity contribution in [3.8, 4) is 5.75 Å². The minimum atomic E-state index is -0.119. The van der Waals surface area contributed by atoms with E-state index in [4.69, 9.17) is 9.73 Å². The second kappa shape index (κ2) is 5.99. The SMILES string of the molecule is COc1ccc(C2c3c([nH]c(=O)c4ccccc34)N=C3C=CC=CN32)cc1. The lowest BCUT2D eigenvalue weighted by Crippen LogP contribution is -2.34. The van der Waals surface area contributed by atoms with Crippen LogP contribution in [-0.2, 0) is 0 Å². The zero-order chi connectivity index (χ0) is 18.4. The van der Waals surface area contributed by atoms with Crippen molar-refractivity contribution in [1.29, 1.82) is 0 Å². The number of benzene rings is 2. The van der Waals surface area contributed by atoms with Gasteiger partial charge in [-0.3, -0.25) is 4.79 Å². The van der Waals surface area contributed by atoms with Crippen LogP contribution in [0.3, 0.4) is 0 Å². The Morgan fingerprint density at radius 1 is 1.04 bits per heavy atom. The van der Waals surface area contributed by atoms with E-state index in [1.807, 2.05) is 60.8 Å². The molecule has 0 radical (unpaired) electrons. The molecule has 0 spiro atoms. The van der Waals surface area contributed by atoms with E-state index in [1.54, 1.807) is 7.11 Å². The molecule has 1 atom stereocenters. The molecule has 0 fully saturated rings. The van der Waals surface area contributed by atoms with Crippen LogP contribution in [0.1, 0.15) is 17.2 Å². The van der Waals surface area contributed by atoms with Gasteiger partial charge >= 0.3 is 0 Å². The minimum Gasteiger partial charge on any atom is -0.497 e. The Labute approximate surface area is 155 Å². The molecule has 1 unspecified atom stereocenters. The monoisotopic (exact) mass is 355 g/mol. The summed E-state index contributed by atoms with van der Waals surface area (Å²) in [5.74, 6) is 2.23. The summed E-state index contributed by atoms with van der Waals surface area (Å²) in [6.45, 7) is 0. The van der Waals surface area contributed by atoms with Crippen molar-refractivity contribution in [2.24, 2.45) is 4.99 Å². The highest BCUT2D eigenvalue weighted by Crippen LogP contribution is 2.42. The van der Waals surface area contributed by atoms with Crippen LogP contribution in [0.4, 0.5) is 5.82 Å². The molecule has 0 aliphatic carbocycles. The van der Waals surface area contributed by atoms with Gasteiger partial charge < -0.3 is 14.6 Å². The van der Waals surface area contributed by atoms with E-state index in [1.165, 1.54) is 0 Å². The maximum Gasteiger partial charge on any atom is 0.257 e. The minimum absolute atomic E-state index is 0.0960. The van der Waals surface area contributed by atoms with Crippen molar-refractivity contribution in [2.75, 3.05) is 7.11 Å². The highest BCUT2D eigenvalue weighted by atomic mass is 16.5. The summed E-state index contributed by atoms with van der Waals surface area (Å²) >= 11 is 0. The predicted octanol–water partition coefficient (Wildman–Crippen LogP) is 4.06. The number of methoxy groups -OCH3 is 1. The fourth-order valence-electron chi connectivity index (χ4n) is 3.78. The topological polar surface area (TPSA) is 57.7 Å². The fraction of sp³-hybridized carbons (Fsp3) is 0.0909. The molecule has 27 heavy (non-hydrogen) atoms. The van der Waals surface area contributed by atoms with Crippen molar-refractivity contribution in [1.82, 2.24) is 9.88 Å². The van der Waals surface area contributed by atoms with Crippen LogP contribution in [0.2, 0.25) is 0 Å². The summed E-state index contributed by atoms with van der Waals surface area (Å²) in [6.07, 6.45) is 7.92. The maximum absolute atomic E-state index is 12.6. The lowest BCUT2D eigenvalue weighted by Gasteiger charge is -2.36. The number of aromatic amines is 1. The van der Waals surface area contributed by atoms with Crippen molar-refractivity contribution in [2.45, 2.75) is 6.04 Å². The van der Waals surface area contributed by atoms with Gasteiger partial charge in [0.1, 0.15) is 17.4 Å². The van der Waals surface area contributed by atoms with E-state index in [0.717, 1.165) is 28.1 Å². The van der Waals surface area contributed by atoms with Crippen LogP contribution >= 0.6 is 0 Å². The maximum atomic E-state index is 12.6. The number of hydrogen-bond acceptors (Lipinski definition) is 4. The predicted molar refractivity (Wildman–Crippen MR) is 107 cm³/mol. The molecule has 1 N–H and O–H groups in total. The van der Waals surface area contributed by atoms with E-state index in [-0.39, 0.29) is 11.6 Å². The van der Waals surface area contributed by atoms with Gasteiger partial charge in [-0.2, -0.15) is 0 Å². The Morgan fingerprint density at radius 3 is 2.59 bits per heavy atom. The number of aliphatic imine (C=N–C) groups is 1. The summed E-state index contributed by atoms with van der Waals surface area (Å²) in [5, 5.41) is 1.59. The molecule has 5 rings (SSSR count). The standard InChI is InChI=1S/C22H17N3O2/c1-27-15-11-9-14(10-12-15)20-19-16-6-2-3-7-17(16)22(26)24-21(19)23-18-8-4-5-13-25(18)20/h2-13,20H,1H3,(H,24,26). The van der Waals surface area contributed by atoms with Crippen LogP contribution < -0.4 is 10.3 Å². The van der Waals surface area contributed by atoms with E-state index in [0.29, 0.717) is 11.2 Å². The van der Waals surface area contributed by atoms with Crippen molar-refractivity contribution >= 4 is 22.4 Å². The fourth-order valence-corrected chi connectivity index (χ4v) is 3.78. The molecule has 0 amide bonds. The average molecular weight is 355 g/mol. The summed E-state index contributed by atoms with van der Waals surface area (Å²) in [4.78, 5) is 22.4. The number of pyridine rings is 1. The normalized spacial score (nSPS) is 17.4. The Bertz CT molecular complexity index is 1190. The molecule has 0 bridgehead atoms. The van der Waals surface area contributed by atoms with Gasteiger partial charge in [-0.25, -0.2) is 4.99 Å². The third-order valence-electron chi connectivity index (χ3n) is 5.03. The van der Waals surface area contributed by atoms with Gasteiger partial charge in [-0.05, 0) is 41.3 Å². The third-order valence-corrected chi connectivity index (χ3v) is 5.03. The van der Waals surface area contributed by atoms with Gasteiger partial charge in [0, 0.05) is 17.1 Å². The number of nitrogens with one attached hydrogen (secondary N) is 1. The quantitative estimate of drug-likeness (QED) is 0.754. The number of allylic oxidation sites excluding steroid dienone is 2. The number of aromatic nitrogens is 1. The first-order chi connectivity index (χ1) is 13.3. The smallest absolute Gasteiger partial charge is 0.257 e. The molecule has 3 aromatic rings. The van der Waals surface area contributed by atoms with Gasteiger partial charge in [-0.1, -0.05) is 36.4 Å². The van der Waals surface area contributed by atoms with Gasteiger partial charge in [0.25, 0.3) is 5.56 Å². The van der Waals surface area contributed by atoms with E-state index < -0.39 is 0 Å². The first kappa shape index (κ1) is 15.6. The Balaban J connectivity index is 1.83. The largest absolute Gasteiger partial charge is 0.497 e. The van der Waals surface area contributed by atoms with Gasteiger partial charge in [-0.15, -0.1) is 0 Å². The zero-order valence-electron chi connectivity index (χ0n) is 14.7. The lowest BCUT2D eigenvalue weighted by molar-refractivity contribution is 0.413. The summed E-state index contributed by atoms with van der Waals surface area (Å²) in [6, 6.07) is 15.6. The Morgan fingerprint density at radius 2 is 1.81 bits per heavy atom. The molecular formula is C22H17N3O2. The molecule has 2 aromatic carbocycles. The van der Waals surface area contributed by atoms with Gasteiger partial charge in [0.2, 0.25) is 0 Å². The number of hydrogen-bond donors (Lipinski definition) is 1. The van der Waals surface area contributed by atoms with E-state index in [2.05, 4.69) is 22.0 Å². The number of H-pyrrole nitrogens is 1. The second-order valence-electron chi connectivity index (χ2n) is 6.52.